The monoisotopic (exact) mass is 951 g/mol. The molecule has 1 unspecified atom stereocenters. The number of allylic oxidation sites excluding steroid dienone is 24. The van der Waals surface area contributed by atoms with E-state index in [0.717, 1.165) is 128 Å². The third-order valence-electron chi connectivity index (χ3n) is 10.8. The minimum Gasteiger partial charge on any atom is -0.462 e. The van der Waals surface area contributed by atoms with Crippen LogP contribution in [0.25, 0.3) is 0 Å². The van der Waals surface area contributed by atoms with Crippen LogP contribution in [-0.2, 0) is 28.6 Å². The summed E-state index contributed by atoms with van der Waals surface area (Å²) in [6.45, 7) is 6.18. The van der Waals surface area contributed by atoms with Crippen LogP contribution >= 0.6 is 0 Å². The molecule has 0 aliphatic heterocycles. The molecule has 0 aliphatic carbocycles. The predicted molar refractivity (Wildman–Crippen MR) is 297 cm³/mol. The second-order valence-corrected chi connectivity index (χ2v) is 17.3. The van der Waals surface area contributed by atoms with E-state index in [1.54, 1.807) is 0 Å². The van der Waals surface area contributed by atoms with Crippen LogP contribution in [-0.4, -0.2) is 37.2 Å². The van der Waals surface area contributed by atoms with Crippen LogP contribution in [0.5, 0.6) is 0 Å². The van der Waals surface area contributed by atoms with Crippen molar-refractivity contribution in [3.8, 4) is 0 Å². The zero-order valence-corrected chi connectivity index (χ0v) is 44.0. The first-order valence-electron chi connectivity index (χ1n) is 27.3. The third-order valence-corrected chi connectivity index (χ3v) is 10.8. The van der Waals surface area contributed by atoms with Crippen molar-refractivity contribution in [2.24, 2.45) is 0 Å². The van der Waals surface area contributed by atoms with Gasteiger partial charge in [-0.05, 0) is 122 Å². The Morgan fingerprint density at radius 3 is 0.884 bits per heavy atom. The number of unbranched alkanes of at least 4 members (excludes halogenated alkanes) is 12. The number of esters is 3. The Hall–Kier alpha value is -4.71. The van der Waals surface area contributed by atoms with Crippen LogP contribution in [0.4, 0.5) is 0 Å². The average Bonchev–Trinajstić information content (AvgIpc) is 3.35. The summed E-state index contributed by atoms with van der Waals surface area (Å²) in [5.41, 5.74) is 0. The lowest BCUT2D eigenvalue weighted by Gasteiger charge is -2.18. The van der Waals surface area contributed by atoms with Crippen LogP contribution in [0.2, 0.25) is 0 Å². The molecule has 0 saturated carbocycles. The normalized spacial score (nSPS) is 13.3. The Kier molecular flexibility index (Phi) is 52.1. The zero-order valence-electron chi connectivity index (χ0n) is 44.0. The van der Waals surface area contributed by atoms with E-state index in [9.17, 15) is 14.4 Å². The molecule has 0 aromatic carbocycles. The molecular formula is C63H98O6. The van der Waals surface area contributed by atoms with E-state index < -0.39 is 12.1 Å². The molecule has 69 heavy (non-hydrogen) atoms. The van der Waals surface area contributed by atoms with Gasteiger partial charge in [-0.3, -0.25) is 14.4 Å². The van der Waals surface area contributed by atoms with Gasteiger partial charge in [0, 0.05) is 19.3 Å². The second kappa shape index (κ2) is 55.9. The fourth-order valence-corrected chi connectivity index (χ4v) is 6.85. The second-order valence-electron chi connectivity index (χ2n) is 17.3. The van der Waals surface area contributed by atoms with Crippen molar-refractivity contribution in [1.82, 2.24) is 0 Å². The summed E-state index contributed by atoms with van der Waals surface area (Å²) in [6.07, 6.45) is 80.0. The molecule has 6 heteroatoms. The summed E-state index contributed by atoms with van der Waals surface area (Å²) >= 11 is 0. The van der Waals surface area contributed by atoms with Crippen LogP contribution in [0.1, 0.15) is 213 Å². The molecule has 0 aliphatic rings. The largest absolute Gasteiger partial charge is 0.462 e. The highest BCUT2D eigenvalue weighted by molar-refractivity contribution is 5.71. The number of ether oxygens (including phenoxy) is 3. The summed E-state index contributed by atoms with van der Waals surface area (Å²) < 4.78 is 16.7. The number of hydrogen-bond donors (Lipinski definition) is 0. The first-order chi connectivity index (χ1) is 34.0. The quantitative estimate of drug-likeness (QED) is 0.0262. The van der Waals surface area contributed by atoms with E-state index in [4.69, 9.17) is 14.2 Å². The highest BCUT2D eigenvalue weighted by Gasteiger charge is 2.19. The highest BCUT2D eigenvalue weighted by atomic mass is 16.6. The van der Waals surface area contributed by atoms with Crippen molar-refractivity contribution in [2.45, 2.75) is 219 Å². The average molecular weight is 951 g/mol. The summed E-state index contributed by atoms with van der Waals surface area (Å²) in [5, 5.41) is 0. The number of carbonyl (C=O) groups excluding carboxylic acids is 3. The van der Waals surface area contributed by atoms with Crippen molar-refractivity contribution in [1.29, 1.82) is 0 Å². The molecule has 0 bridgehead atoms. The Bertz CT molecular complexity index is 1560. The third kappa shape index (κ3) is 54.1. The maximum atomic E-state index is 12.8. The van der Waals surface area contributed by atoms with Gasteiger partial charge in [-0.1, -0.05) is 218 Å². The summed E-state index contributed by atoms with van der Waals surface area (Å²) in [7, 11) is 0. The van der Waals surface area contributed by atoms with E-state index in [1.165, 1.54) is 38.5 Å². The van der Waals surface area contributed by atoms with Gasteiger partial charge in [0.15, 0.2) is 6.10 Å². The molecule has 0 fully saturated rings. The van der Waals surface area contributed by atoms with Gasteiger partial charge in [-0.2, -0.15) is 0 Å². The van der Waals surface area contributed by atoms with Crippen LogP contribution in [0.15, 0.2) is 146 Å². The number of rotatable bonds is 47. The molecule has 0 aromatic rings. The van der Waals surface area contributed by atoms with Gasteiger partial charge >= 0.3 is 17.9 Å². The molecule has 0 spiro atoms. The maximum absolute atomic E-state index is 12.8. The predicted octanol–water partition coefficient (Wildman–Crippen LogP) is 18.4. The first-order valence-corrected chi connectivity index (χ1v) is 27.3. The highest BCUT2D eigenvalue weighted by Crippen LogP contribution is 2.13. The van der Waals surface area contributed by atoms with Crippen LogP contribution in [0.3, 0.4) is 0 Å². The molecule has 1 atom stereocenters. The fourth-order valence-electron chi connectivity index (χ4n) is 6.85. The Labute approximate surface area is 423 Å². The van der Waals surface area contributed by atoms with Gasteiger partial charge in [0.1, 0.15) is 13.2 Å². The van der Waals surface area contributed by atoms with Crippen LogP contribution < -0.4 is 0 Å². The topological polar surface area (TPSA) is 78.9 Å². The zero-order chi connectivity index (χ0) is 50.0. The molecule has 0 amide bonds. The summed E-state index contributed by atoms with van der Waals surface area (Å²) in [5.74, 6) is -1.05. The standard InChI is InChI=1S/C63H98O6/c1-4-7-10-13-16-19-22-25-26-27-28-29-30-31-32-33-34-35-36-39-41-44-47-50-53-56-62(65)68-59-60(69-63(66)57-54-51-48-45-42-38-24-21-18-15-12-9-6-3)58-67-61(64)55-52-49-46-43-40-37-23-20-17-14-11-8-5-2/h7-12,16-21,25-26,28-29,31-32,37-38,40,42,48,51,60H,4-6,13-15,22-24,27,30,33-36,39,41,43-47,49-50,52-59H2,1-3H3/b10-7-,11-8-,12-9-,19-16-,20-17-,21-18-,26-25-,29-28-,32-31-,40-37-,42-38-,51-48-. The Morgan fingerprint density at radius 1 is 0.290 bits per heavy atom. The van der Waals surface area contributed by atoms with Gasteiger partial charge in [0.05, 0.1) is 0 Å². The van der Waals surface area contributed by atoms with Crippen molar-refractivity contribution in [2.75, 3.05) is 13.2 Å². The van der Waals surface area contributed by atoms with E-state index >= 15 is 0 Å². The fraction of sp³-hybridized carbons (Fsp3) is 0.571. The molecule has 0 aromatic heterocycles. The summed E-state index contributed by atoms with van der Waals surface area (Å²) in [4.78, 5) is 38.0. The van der Waals surface area contributed by atoms with Crippen molar-refractivity contribution < 1.29 is 28.6 Å². The van der Waals surface area contributed by atoms with Gasteiger partial charge < -0.3 is 14.2 Å². The van der Waals surface area contributed by atoms with Crippen LogP contribution in [0, 0.1) is 0 Å². The molecule has 386 valence electrons. The van der Waals surface area contributed by atoms with E-state index in [1.807, 2.05) is 12.2 Å². The van der Waals surface area contributed by atoms with Crippen molar-refractivity contribution in [3.05, 3.63) is 146 Å². The lowest BCUT2D eigenvalue weighted by molar-refractivity contribution is -0.166. The molecule has 0 radical (unpaired) electrons. The number of carbonyl (C=O) groups is 3. The lowest BCUT2D eigenvalue weighted by atomic mass is 10.1. The molecule has 0 N–H and O–H groups in total. The first kappa shape index (κ1) is 64.3. The van der Waals surface area contributed by atoms with E-state index in [2.05, 4.69) is 154 Å². The maximum Gasteiger partial charge on any atom is 0.306 e. The SMILES string of the molecule is CC/C=C\C/C=C\C/C=C\C/C=C\C/C=C\CCCCCCCCCCCC(=O)OCC(COC(=O)CCCCC/C=C\C/C=C\C/C=C\CC)OC(=O)CC/C=C\C/C=C\C/C=C\C/C=C\CC. The van der Waals surface area contributed by atoms with Crippen molar-refractivity contribution >= 4 is 17.9 Å². The molecule has 0 rings (SSSR count). The molecule has 0 saturated heterocycles. The molecule has 0 heterocycles. The van der Waals surface area contributed by atoms with E-state index in [0.29, 0.717) is 19.3 Å². The Balaban J connectivity index is 4.41. The Morgan fingerprint density at radius 2 is 0.551 bits per heavy atom. The minimum atomic E-state index is -0.836. The molecular weight excluding hydrogens is 853 g/mol. The lowest BCUT2D eigenvalue weighted by Crippen LogP contribution is -2.30. The van der Waals surface area contributed by atoms with E-state index in [-0.39, 0.29) is 31.6 Å². The minimum absolute atomic E-state index is 0.125. The van der Waals surface area contributed by atoms with Crippen molar-refractivity contribution in [3.63, 3.8) is 0 Å². The van der Waals surface area contributed by atoms with Gasteiger partial charge in [0.2, 0.25) is 0 Å². The summed E-state index contributed by atoms with van der Waals surface area (Å²) in [6, 6.07) is 0. The number of hydrogen-bond acceptors (Lipinski definition) is 6. The van der Waals surface area contributed by atoms with Gasteiger partial charge in [0.25, 0.3) is 0 Å². The smallest absolute Gasteiger partial charge is 0.306 e. The van der Waals surface area contributed by atoms with Gasteiger partial charge in [-0.15, -0.1) is 0 Å². The van der Waals surface area contributed by atoms with Gasteiger partial charge in [-0.25, -0.2) is 0 Å². The molecule has 6 nitrogen and oxygen atoms in total.